The minimum atomic E-state index is -1.13. The molecule has 0 spiro atoms. The number of hydrogen-bond donors (Lipinski definition) is 1. The van der Waals surface area contributed by atoms with E-state index in [1.165, 1.54) is 0 Å². The second kappa shape index (κ2) is 4.91. The molecule has 0 saturated carbocycles. The van der Waals surface area contributed by atoms with E-state index in [4.69, 9.17) is 0 Å². The Hall–Kier alpha value is -1.16. The first-order chi connectivity index (χ1) is 6.66. The summed E-state index contributed by atoms with van der Waals surface area (Å²) in [6.45, 7) is 2.42. The van der Waals surface area contributed by atoms with Gasteiger partial charge in [0, 0.05) is 12.8 Å². The fourth-order valence-electron chi connectivity index (χ4n) is 1.16. The number of carbonyl (C=O) groups is 1. The van der Waals surface area contributed by atoms with E-state index in [9.17, 15) is 9.00 Å². The summed E-state index contributed by atoms with van der Waals surface area (Å²) >= 11 is 0. The molecule has 76 valence electrons. The van der Waals surface area contributed by atoms with Crippen LogP contribution in [0.15, 0.2) is 29.2 Å². The Balaban J connectivity index is 3.07. The van der Waals surface area contributed by atoms with Crippen LogP contribution in [0.5, 0.6) is 0 Å². The van der Waals surface area contributed by atoms with Gasteiger partial charge in [0.1, 0.15) is 0 Å². The van der Waals surface area contributed by atoms with Crippen LogP contribution in [0.25, 0.3) is 0 Å². The lowest BCUT2D eigenvalue weighted by atomic mass is 10.2. The van der Waals surface area contributed by atoms with Crippen LogP contribution < -0.4 is 5.32 Å². The van der Waals surface area contributed by atoms with Crippen molar-refractivity contribution in [2.45, 2.75) is 11.8 Å². The standard InChI is InChI=1S/C10H13NO2S/c1-3-11-10(12)8-6-4-5-7-9(8)14(2)13/h4-7H,3H2,1-2H3,(H,11,12). The lowest BCUT2D eigenvalue weighted by molar-refractivity contribution is 0.0953. The van der Waals surface area contributed by atoms with Crippen LogP contribution >= 0.6 is 0 Å². The summed E-state index contributed by atoms with van der Waals surface area (Å²) in [5.41, 5.74) is 0.496. The van der Waals surface area contributed by atoms with Gasteiger partial charge in [0.25, 0.3) is 5.91 Å². The van der Waals surface area contributed by atoms with E-state index >= 15 is 0 Å². The van der Waals surface area contributed by atoms with Crippen molar-refractivity contribution in [1.82, 2.24) is 5.32 Å². The molecule has 1 N–H and O–H groups in total. The Morgan fingerprint density at radius 3 is 2.64 bits per heavy atom. The zero-order valence-electron chi connectivity index (χ0n) is 8.24. The van der Waals surface area contributed by atoms with E-state index < -0.39 is 10.8 Å². The summed E-state index contributed by atoms with van der Waals surface area (Å²) in [6.07, 6.45) is 1.57. The van der Waals surface area contributed by atoms with Gasteiger partial charge in [-0.2, -0.15) is 0 Å². The summed E-state index contributed by atoms with van der Waals surface area (Å²) < 4.78 is 11.3. The maximum atomic E-state index is 11.5. The number of amides is 1. The van der Waals surface area contributed by atoms with Crippen LogP contribution in [0.4, 0.5) is 0 Å². The average molecular weight is 211 g/mol. The Morgan fingerprint density at radius 1 is 1.43 bits per heavy atom. The molecule has 1 aromatic carbocycles. The zero-order valence-corrected chi connectivity index (χ0v) is 9.06. The summed E-state index contributed by atoms with van der Waals surface area (Å²) in [5, 5.41) is 2.68. The molecule has 1 aromatic rings. The van der Waals surface area contributed by atoms with Crippen LogP contribution in [0.3, 0.4) is 0 Å². The Kier molecular flexibility index (Phi) is 3.83. The maximum absolute atomic E-state index is 11.5. The number of carbonyl (C=O) groups excluding carboxylic acids is 1. The highest BCUT2D eigenvalue weighted by atomic mass is 32.2. The molecule has 0 aliphatic heterocycles. The fourth-order valence-corrected chi connectivity index (χ4v) is 1.90. The molecule has 0 aromatic heterocycles. The largest absolute Gasteiger partial charge is 0.352 e. The average Bonchev–Trinajstić information content (AvgIpc) is 2.18. The highest BCUT2D eigenvalue weighted by Crippen LogP contribution is 2.11. The van der Waals surface area contributed by atoms with Crippen molar-refractivity contribution in [3.63, 3.8) is 0 Å². The number of rotatable bonds is 3. The van der Waals surface area contributed by atoms with Gasteiger partial charge in [-0.1, -0.05) is 12.1 Å². The highest BCUT2D eigenvalue weighted by molar-refractivity contribution is 7.84. The van der Waals surface area contributed by atoms with Gasteiger partial charge in [-0.25, -0.2) is 0 Å². The Bertz CT molecular complexity index is 363. The van der Waals surface area contributed by atoms with Crippen molar-refractivity contribution in [3.05, 3.63) is 29.8 Å². The van der Waals surface area contributed by atoms with Crippen molar-refractivity contribution in [3.8, 4) is 0 Å². The number of benzene rings is 1. The van der Waals surface area contributed by atoms with E-state index in [0.717, 1.165) is 0 Å². The van der Waals surface area contributed by atoms with Crippen molar-refractivity contribution in [1.29, 1.82) is 0 Å². The molecule has 0 bridgehead atoms. The van der Waals surface area contributed by atoms with E-state index in [-0.39, 0.29) is 5.91 Å². The minimum Gasteiger partial charge on any atom is -0.352 e. The Labute approximate surface area is 86.0 Å². The monoisotopic (exact) mass is 211 g/mol. The van der Waals surface area contributed by atoms with E-state index in [0.29, 0.717) is 17.0 Å². The molecular weight excluding hydrogens is 198 g/mol. The third kappa shape index (κ3) is 2.42. The number of hydrogen-bond acceptors (Lipinski definition) is 2. The lowest BCUT2D eigenvalue weighted by Crippen LogP contribution is -2.23. The zero-order chi connectivity index (χ0) is 10.6. The second-order valence-electron chi connectivity index (χ2n) is 2.81. The molecule has 4 heteroatoms. The fraction of sp³-hybridized carbons (Fsp3) is 0.300. The van der Waals surface area contributed by atoms with Gasteiger partial charge in [0.05, 0.1) is 21.3 Å². The molecule has 1 unspecified atom stereocenters. The van der Waals surface area contributed by atoms with Gasteiger partial charge in [0.2, 0.25) is 0 Å². The van der Waals surface area contributed by atoms with Gasteiger partial charge >= 0.3 is 0 Å². The van der Waals surface area contributed by atoms with Crippen LogP contribution in [0, 0.1) is 0 Å². The van der Waals surface area contributed by atoms with Gasteiger partial charge in [-0.05, 0) is 19.1 Å². The molecular formula is C10H13NO2S. The van der Waals surface area contributed by atoms with E-state index in [1.54, 1.807) is 30.5 Å². The maximum Gasteiger partial charge on any atom is 0.252 e. The van der Waals surface area contributed by atoms with Crippen molar-refractivity contribution >= 4 is 16.7 Å². The smallest absolute Gasteiger partial charge is 0.252 e. The first kappa shape index (κ1) is 10.9. The topological polar surface area (TPSA) is 46.2 Å². The van der Waals surface area contributed by atoms with Crippen LogP contribution in [-0.2, 0) is 10.8 Å². The third-order valence-electron chi connectivity index (χ3n) is 1.78. The molecule has 0 aliphatic rings. The summed E-state index contributed by atoms with van der Waals surface area (Å²) in [5.74, 6) is -0.168. The van der Waals surface area contributed by atoms with Gasteiger partial charge in [0.15, 0.2) is 0 Å². The first-order valence-corrected chi connectivity index (χ1v) is 5.93. The third-order valence-corrected chi connectivity index (χ3v) is 2.75. The second-order valence-corrected chi connectivity index (χ2v) is 4.16. The van der Waals surface area contributed by atoms with Crippen LogP contribution in [0.1, 0.15) is 17.3 Å². The molecule has 0 saturated heterocycles. The van der Waals surface area contributed by atoms with Crippen molar-refractivity contribution in [2.75, 3.05) is 12.8 Å². The SMILES string of the molecule is CCNC(=O)c1ccccc1S(C)=O. The highest BCUT2D eigenvalue weighted by Gasteiger charge is 2.11. The Morgan fingerprint density at radius 2 is 2.07 bits per heavy atom. The molecule has 14 heavy (non-hydrogen) atoms. The van der Waals surface area contributed by atoms with E-state index in [2.05, 4.69) is 5.32 Å². The predicted octanol–water partition coefficient (Wildman–Crippen LogP) is 1.17. The summed E-state index contributed by atoms with van der Waals surface area (Å²) in [4.78, 5) is 12.1. The number of nitrogens with one attached hydrogen (secondary N) is 1. The van der Waals surface area contributed by atoms with E-state index in [1.807, 2.05) is 6.92 Å². The van der Waals surface area contributed by atoms with Gasteiger partial charge < -0.3 is 5.32 Å². The minimum absolute atomic E-state index is 0.168. The van der Waals surface area contributed by atoms with Gasteiger partial charge in [-0.15, -0.1) is 0 Å². The van der Waals surface area contributed by atoms with Crippen molar-refractivity contribution < 1.29 is 9.00 Å². The summed E-state index contributed by atoms with van der Waals surface area (Å²) in [6, 6.07) is 6.93. The normalized spacial score (nSPS) is 12.1. The van der Waals surface area contributed by atoms with Gasteiger partial charge in [-0.3, -0.25) is 9.00 Å². The molecule has 0 heterocycles. The lowest BCUT2D eigenvalue weighted by Gasteiger charge is -2.06. The molecule has 3 nitrogen and oxygen atoms in total. The molecule has 0 aliphatic carbocycles. The predicted molar refractivity (Wildman–Crippen MR) is 56.8 cm³/mol. The molecule has 1 amide bonds. The summed E-state index contributed by atoms with van der Waals surface area (Å²) in [7, 11) is -1.13. The molecule has 1 atom stereocenters. The van der Waals surface area contributed by atoms with Crippen LogP contribution in [0.2, 0.25) is 0 Å². The molecule has 0 fully saturated rings. The first-order valence-electron chi connectivity index (χ1n) is 4.37. The quantitative estimate of drug-likeness (QED) is 0.816. The van der Waals surface area contributed by atoms with Crippen LogP contribution in [-0.4, -0.2) is 22.9 Å². The molecule has 1 rings (SSSR count). The molecule has 0 radical (unpaired) electrons. The van der Waals surface area contributed by atoms with Crippen molar-refractivity contribution in [2.24, 2.45) is 0 Å².